The quantitative estimate of drug-likeness (QED) is 0.0396. The second-order valence-electron chi connectivity index (χ2n) is 9.10. The molecule has 14 heteroatoms. The average molecular weight is 755 g/mol. The average Bonchev–Trinajstić information content (AvgIpc) is 3.03. The Kier molecular flexibility index (Phi) is 40.6. The molecule has 0 aliphatic heterocycles. The molecule has 0 heterocycles. The maximum atomic E-state index is 11.4. The van der Waals surface area contributed by atoms with Crippen molar-refractivity contribution in [3.8, 4) is 0 Å². The molecular weight excluding hydrogens is 695 g/mol. The smallest absolute Gasteiger partial charge is 0.305 e. The highest BCUT2D eigenvalue weighted by Gasteiger charge is 2.02. The first-order valence-corrected chi connectivity index (χ1v) is 17.4. The number of hydrogen-bond donors (Lipinski definition) is 0. The Bertz CT molecular complexity index is 549. The van der Waals surface area contributed by atoms with Gasteiger partial charge in [0.05, 0.1) is 145 Å². The number of unbranched alkanes of at least 4 members (excludes halogenated alkanes) is 2. The number of hydrogen-bond acceptors (Lipinski definition) is 13. The molecule has 0 atom stereocenters. The molecular formula is C30H59IO13. The van der Waals surface area contributed by atoms with Crippen LogP contribution in [0.2, 0.25) is 0 Å². The maximum absolute atomic E-state index is 11.4. The molecule has 0 aromatic carbocycles. The zero-order valence-corrected chi connectivity index (χ0v) is 29.1. The number of carbonyl (C=O) groups is 1. The number of alkyl halides is 1. The molecule has 0 unspecified atom stereocenters. The van der Waals surface area contributed by atoms with E-state index in [4.69, 9.17) is 56.8 Å². The topological polar surface area (TPSA) is 128 Å². The van der Waals surface area contributed by atoms with E-state index < -0.39 is 0 Å². The predicted molar refractivity (Wildman–Crippen MR) is 173 cm³/mol. The Morgan fingerprint density at radius 3 is 0.886 bits per heavy atom. The third kappa shape index (κ3) is 39.8. The van der Waals surface area contributed by atoms with Gasteiger partial charge in [0.2, 0.25) is 0 Å². The molecule has 0 aliphatic carbocycles. The van der Waals surface area contributed by atoms with Gasteiger partial charge < -0.3 is 56.8 Å². The van der Waals surface area contributed by atoms with Gasteiger partial charge >= 0.3 is 5.97 Å². The van der Waals surface area contributed by atoms with Crippen molar-refractivity contribution in [1.82, 2.24) is 0 Å². The number of halogens is 1. The Balaban J connectivity index is 3.07. The Hall–Kier alpha value is -0.240. The summed E-state index contributed by atoms with van der Waals surface area (Å²) in [6.45, 7) is 13.9. The third-order valence-electron chi connectivity index (χ3n) is 5.42. The summed E-state index contributed by atoms with van der Waals surface area (Å²) in [4.78, 5) is 11.4. The van der Waals surface area contributed by atoms with Crippen molar-refractivity contribution in [2.45, 2.75) is 32.6 Å². The van der Waals surface area contributed by atoms with Crippen LogP contribution >= 0.6 is 22.6 Å². The standard InChI is InChI=1S/C30H59IO13/c1-2-3-4-5-30(32)44-29-28-43-27-26-42-25-24-41-23-22-40-21-20-39-19-18-38-17-16-37-15-14-36-13-12-35-11-10-34-9-8-33-7-6-31/h2-29H2,1H3. The lowest BCUT2D eigenvalue weighted by atomic mass is 10.2. The molecule has 0 rings (SSSR count). The molecule has 0 aliphatic rings. The lowest BCUT2D eigenvalue weighted by Gasteiger charge is -2.09. The van der Waals surface area contributed by atoms with Gasteiger partial charge in [-0.2, -0.15) is 0 Å². The normalized spacial score (nSPS) is 11.4. The van der Waals surface area contributed by atoms with Crippen LogP contribution in [0.3, 0.4) is 0 Å². The van der Waals surface area contributed by atoms with E-state index in [0.29, 0.717) is 145 Å². The molecule has 0 aromatic rings. The number of carbonyl (C=O) groups excluding carboxylic acids is 1. The van der Waals surface area contributed by atoms with Gasteiger partial charge in [-0.05, 0) is 6.42 Å². The maximum Gasteiger partial charge on any atom is 0.305 e. The summed E-state index contributed by atoms with van der Waals surface area (Å²) in [5.74, 6) is -0.159. The molecule has 0 saturated heterocycles. The molecule has 0 bridgehead atoms. The fourth-order valence-corrected chi connectivity index (χ4v) is 3.47. The molecule has 264 valence electrons. The first kappa shape index (κ1) is 43.8. The minimum Gasteiger partial charge on any atom is -0.463 e. The van der Waals surface area contributed by atoms with E-state index in [0.717, 1.165) is 30.3 Å². The highest BCUT2D eigenvalue weighted by atomic mass is 127. The van der Waals surface area contributed by atoms with Crippen LogP contribution in [0, 0.1) is 0 Å². The zero-order valence-electron chi connectivity index (χ0n) is 27.0. The van der Waals surface area contributed by atoms with E-state index in [-0.39, 0.29) is 12.6 Å². The van der Waals surface area contributed by atoms with Crippen LogP contribution in [0.15, 0.2) is 0 Å². The highest BCUT2D eigenvalue weighted by molar-refractivity contribution is 14.1. The lowest BCUT2D eigenvalue weighted by Crippen LogP contribution is -2.15. The van der Waals surface area contributed by atoms with Crippen molar-refractivity contribution >= 4 is 28.6 Å². The fraction of sp³-hybridized carbons (Fsp3) is 0.967. The zero-order chi connectivity index (χ0) is 31.9. The number of esters is 1. The summed E-state index contributed by atoms with van der Waals surface area (Å²) >= 11 is 2.28. The molecule has 0 aromatic heterocycles. The number of rotatable bonds is 39. The summed E-state index contributed by atoms with van der Waals surface area (Å²) in [6.07, 6.45) is 3.50. The van der Waals surface area contributed by atoms with Gasteiger partial charge in [0.25, 0.3) is 0 Å². The summed E-state index contributed by atoms with van der Waals surface area (Å²) in [5.41, 5.74) is 0. The van der Waals surface area contributed by atoms with E-state index in [1.165, 1.54) is 0 Å². The molecule has 0 radical (unpaired) electrons. The minimum atomic E-state index is -0.159. The first-order chi connectivity index (χ1) is 21.8. The summed E-state index contributed by atoms with van der Waals surface area (Å²) in [5, 5.41) is 0. The van der Waals surface area contributed by atoms with Gasteiger partial charge in [0.1, 0.15) is 6.61 Å². The first-order valence-electron chi connectivity index (χ1n) is 15.9. The third-order valence-corrected chi connectivity index (χ3v) is 5.86. The van der Waals surface area contributed by atoms with Crippen LogP contribution in [-0.4, -0.2) is 162 Å². The van der Waals surface area contributed by atoms with Gasteiger partial charge in [0, 0.05) is 10.8 Å². The van der Waals surface area contributed by atoms with Crippen LogP contribution in [0.4, 0.5) is 0 Å². The van der Waals surface area contributed by atoms with E-state index in [1.807, 2.05) is 0 Å². The van der Waals surface area contributed by atoms with Gasteiger partial charge in [-0.15, -0.1) is 0 Å². The second-order valence-corrected chi connectivity index (χ2v) is 10.2. The predicted octanol–water partition coefficient (Wildman–Crippen LogP) is 2.73. The highest BCUT2D eigenvalue weighted by Crippen LogP contribution is 2.00. The van der Waals surface area contributed by atoms with Crippen LogP contribution in [0.1, 0.15) is 32.6 Å². The summed E-state index contributed by atoms with van der Waals surface area (Å²) in [6, 6.07) is 0. The van der Waals surface area contributed by atoms with Crippen molar-refractivity contribution in [3.05, 3.63) is 0 Å². The molecule has 0 fully saturated rings. The number of ether oxygens (including phenoxy) is 12. The molecule has 0 N–H and O–H groups in total. The van der Waals surface area contributed by atoms with Crippen molar-refractivity contribution in [2.75, 3.05) is 156 Å². The van der Waals surface area contributed by atoms with Crippen LogP contribution in [0.25, 0.3) is 0 Å². The van der Waals surface area contributed by atoms with Crippen molar-refractivity contribution in [1.29, 1.82) is 0 Å². The molecule has 0 amide bonds. The second kappa shape index (κ2) is 40.8. The summed E-state index contributed by atoms with van der Waals surface area (Å²) in [7, 11) is 0. The molecule has 13 nitrogen and oxygen atoms in total. The van der Waals surface area contributed by atoms with Gasteiger partial charge in [0.15, 0.2) is 0 Å². The van der Waals surface area contributed by atoms with E-state index in [9.17, 15) is 4.79 Å². The Morgan fingerprint density at radius 2 is 0.636 bits per heavy atom. The van der Waals surface area contributed by atoms with Crippen molar-refractivity contribution < 1.29 is 61.6 Å². The Labute approximate surface area is 278 Å². The van der Waals surface area contributed by atoms with E-state index in [1.54, 1.807) is 0 Å². The van der Waals surface area contributed by atoms with Gasteiger partial charge in [-0.1, -0.05) is 42.4 Å². The summed E-state index contributed by atoms with van der Waals surface area (Å²) < 4.78 is 65.8. The van der Waals surface area contributed by atoms with Gasteiger partial charge in [-0.25, -0.2) is 0 Å². The molecule has 44 heavy (non-hydrogen) atoms. The fourth-order valence-electron chi connectivity index (χ4n) is 3.16. The van der Waals surface area contributed by atoms with E-state index in [2.05, 4.69) is 29.5 Å². The van der Waals surface area contributed by atoms with Crippen LogP contribution < -0.4 is 0 Å². The Morgan fingerprint density at radius 1 is 0.386 bits per heavy atom. The monoisotopic (exact) mass is 754 g/mol. The molecule has 0 saturated carbocycles. The molecule has 0 spiro atoms. The van der Waals surface area contributed by atoms with Gasteiger partial charge in [-0.3, -0.25) is 4.79 Å². The largest absolute Gasteiger partial charge is 0.463 e. The van der Waals surface area contributed by atoms with E-state index >= 15 is 0 Å². The lowest BCUT2D eigenvalue weighted by molar-refractivity contribution is -0.145. The van der Waals surface area contributed by atoms with Crippen molar-refractivity contribution in [2.24, 2.45) is 0 Å². The van der Waals surface area contributed by atoms with Crippen LogP contribution in [0.5, 0.6) is 0 Å². The van der Waals surface area contributed by atoms with Crippen molar-refractivity contribution in [3.63, 3.8) is 0 Å². The SMILES string of the molecule is CCCCCC(=O)OCCOCCOCCOCCOCCOCCOCCOCCOCCOCCOCCOCCI. The minimum absolute atomic E-state index is 0.159. The van der Waals surface area contributed by atoms with Crippen LogP contribution in [-0.2, 0) is 61.6 Å².